The summed E-state index contributed by atoms with van der Waals surface area (Å²) in [6.07, 6.45) is -4.67. The first-order valence-corrected chi connectivity index (χ1v) is 9.05. The fourth-order valence-corrected chi connectivity index (χ4v) is 3.35. The van der Waals surface area contributed by atoms with Crippen LogP contribution in [-0.2, 0) is 21.0 Å². The molecule has 27 heavy (non-hydrogen) atoms. The Kier molecular flexibility index (Phi) is 6.11. The lowest BCUT2D eigenvalue weighted by Gasteiger charge is -2.18. The molecular weight excluding hydrogens is 385 g/mol. The second-order valence-corrected chi connectivity index (χ2v) is 7.61. The van der Waals surface area contributed by atoms with Crippen LogP contribution in [0, 0.1) is 0 Å². The molecule has 0 saturated heterocycles. The first kappa shape index (κ1) is 20.7. The summed E-state index contributed by atoms with van der Waals surface area (Å²) in [6, 6.07) is 9.71. The van der Waals surface area contributed by atoms with Crippen LogP contribution in [0.4, 0.5) is 18.9 Å². The average Bonchev–Trinajstić information content (AvgIpc) is 2.61. The maximum absolute atomic E-state index is 12.8. The number of hydrogen-bond acceptors (Lipinski definition) is 4. The van der Waals surface area contributed by atoms with Gasteiger partial charge in [0.2, 0.25) is 15.9 Å². The molecule has 0 aliphatic heterocycles. The predicted molar refractivity (Wildman–Crippen MR) is 92.9 cm³/mol. The number of nitrogens with one attached hydrogen (secondary N) is 1. The highest BCUT2D eigenvalue weighted by Crippen LogP contribution is 2.31. The number of likely N-dealkylation sites (N-methyl/N-ethyl adjacent to an activating group) is 1. The van der Waals surface area contributed by atoms with Crippen LogP contribution in [0.5, 0.6) is 5.75 Å². The Morgan fingerprint density at radius 3 is 2.33 bits per heavy atom. The lowest BCUT2D eigenvalue weighted by molar-refractivity contribution is -0.137. The van der Waals surface area contributed by atoms with E-state index in [1.54, 1.807) is 24.3 Å². The summed E-state index contributed by atoms with van der Waals surface area (Å²) in [5.74, 6) is -0.0598. The van der Waals surface area contributed by atoms with Crippen LogP contribution in [0.1, 0.15) is 5.56 Å². The van der Waals surface area contributed by atoms with E-state index in [2.05, 4.69) is 5.32 Å². The van der Waals surface area contributed by atoms with Gasteiger partial charge in [-0.1, -0.05) is 6.07 Å². The number of carbonyl (C=O) groups excluding carboxylic acids is 1. The van der Waals surface area contributed by atoms with Crippen LogP contribution in [-0.4, -0.2) is 39.3 Å². The Hall–Kier alpha value is -2.59. The molecule has 10 heteroatoms. The maximum atomic E-state index is 12.8. The number of hydrogen-bond donors (Lipinski definition) is 1. The van der Waals surface area contributed by atoms with Crippen LogP contribution in [0.25, 0.3) is 0 Å². The number of halogens is 3. The van der Waals surface area contributed by atoms with E-state index in [0.29, 0.717) is 21.8 Å². The van der Waals surface area contributed by atoms with Crippen LogP contribution >= 0.6 is 0 Å². The van der Waals surface area contributed by atoms with Gasteiger partial charge in [-0.3, -0.25) is 4.79 Å². The maximum Gasteiger partial charge on any atom is 0.416 e. The van der Waals surface area contributed by atoms with Crippen molar-refractivity contribution >= 4 is 21.6 Å². The van der Waals surface area contributed by atoms with Crippen LogP contribution in [0.15, 0.2) is 53.4 Å². The summed E-state index contributed by atoms with van der Waals surface area (Å²) in [7, 11) is -1.67. The summed E-state index contributed by atoms with van der Waals surface area (Å²) >= 11 is 0. The minimum atomic E-state index is -4.67. The van der Waals surface area contributed by atoms with Crippen molar-refractivity contribution in [3.05, 3.63) is 54.1 Å². The van der Waals surface area contributed by atoms with Crippen molar-refractivity contribution in [2.45, 2.75) is 11.1 Å². The molecule has 0 unspecified atom stereocenters. The zero-order valence-electron chi connectivity index (χ0n) is 14.4. The number of rotatable bonds is 6. The number of methoxy groups -OCH3 is 1. The fraction of sp³-hybridized carbons (Fsp3) is 0.235. The molecule has 1 amide bonds. The minimum Gasteiger partial charge on any atom is -0.497 e. The zero-order valence-corrected chi connectivity index (χ0v) is 15.3. The third-order valence-corrected chi connectivity index (χ3v) is 5.41. The standard InChI is InChI=1S/C17H17F3N2O4S/c1-22(11-16(23)21-13-6-8-14(26-2)9-7-13)27(24,25)15-5-3-4-12(10-15)17(18,19)20/h3-10H,11H2,1-2H3,(H,21,23). The van der Waals surface area contributed by atoms with Crippen molar-refractivity contribution in [1.82, 2.24) is 4.31 Å². The van der Waals surface area contributed by atoms with Crippen molar-refractivity contribution in [2.24, 2.45) is 0 Å². The first-order valence-electron chi connectivity index (χ1n) is 7.61. The Labute approximate surface area is 154 Å². The number of sulfonamides is 1. The molecule has 0 aliphatic carbocycles. The number of nitrogens with zero attached hydrogens (tertiary/aromatic N) is 1. The highest BCUT2D eigenvalue weighted by Gasteiger charge is 2.32. The lowest BCUT2D eigenvalue weighted by Crippen LogP contribution is -2.35. The van der Waals surface area contributed by atoms with Gasteiger partial charge in [-0.15, -0.1) is 0 Å². The zero-order chi connectivity index (χ0) is 20.2. The smallest absolute Gasteiger partial charge is 0.416 e. The second kappa shape index (κ2) is 7.97. The molecule has 2 aromatic rings. The van der Waals surface area contributed by atoms with E-state index in [-0.39, 0.29) is 0 Å². The monoisotopic (exact) mass is 402 g/mol. The molecular formula is C17H17F3N2O4S. The molecule has 0 spiro atoms. The molecule has 2 aromatic carbocycles. The van der Waals surface area contributed by atoms with Gasteiger partial charge in [0.1, 0.15) is 5.75 Å². The Morgan fingerprint density at radius 2 is 1.78 bits per heavy atom. The van der Waals surface area contributed by atoms with E-state index in [9.17, 15) is 26.4 Å². The van der Waals surface area contributed by atoms with Gasteiger partial charge in [0.15, 0.2) is 0 Å². The SMILES string of the molecule is COc1ccc(NC(=O)CN(C)S(=O)(=O)c2cccc(C(F)(F)F)c2)cc1. The van der Waals surface area contributed by atoms with E-state index >= 15 is 0 Å². The van der Waals surface area contributed by atoms with E-state index < -0.39 is 39.1 Å². The summed E-state index contributed by atoms with van der Waals surface area (Å²) in [6.45, 7) is -0.565. The van der Waals surface area contributed by atoms with Gasteiger partial charge in [-0.2, -0.15) is 17.5 Å². The molecule has 2 rings (SSSR count). The largest absolute Gasteiger partial charge is 0.497 e. The third-order valence-electron chi connectivity index (χ3n) is 3.61. The highest BCUT2D eigenvalue weighted by atomic mass is 32.2. The van der Waals surface area contributed by atoms with Gasteiger partial charge in [-0.05, 0) is 42.5 Å². The van der Waals surface area contributed by atoms with Gasteiger partial charge in [0, 0.05) is 12.7 Å². The van der Waals surface area contributed by atoms with Crippen molar-refractivity contribution in [3.8, 4) is 5.75 Å². The second-order valence-electron chi connectivity index (χ2n) is 5.56. The summed E-state index contributed by atoms with van der Waals surface area (Å²) < 4.78 is 68.9. The molecule has 146 valence electrons. The van der Waals surface area contributed by atoms with Crippen molar-refractivity contribution in [2.75, 3.05) is 26.0 Å². The van der Waals surface area contributed by atoms with E-state index in [1.807, 2.05) is 0 Å². The number of ether oxygens (including phenoxy) is 1. The Balaban J connectivity index is 2.11. The van der Waals surface area contributed by atoms with Crippen LogP contribution in [0.2, 0.25) is 0 Å². The van der Waals surface area contributed by atoms with Gasteiger partial charge in [-0.25, -0.2) is 8.42 Å². The van der Waals surface area contributed by atoms with Crippen LogP contribution < -0.4 is 10.1 Å². The molecule has 0 bridgehead atoms. The number of anilines is 1. The molecule has 6 nitrogen and oxygen atoms in total. The molecule has 0 atom stereocenters. The van der Waals surface area contributed by atoms with Crippen molar-refractivity contribution < 1.29 is 31.1 Å². The highest BCUT2D eigenvalue weighted by molar-refractivity contribution is 7.89. The van der Waals surface area contributed by atoms with Crippen LogP contribution in [0.3, 0.4) is 0 Å². The van der Waals surface area contributed by atoms with Crippen molar-refractivity contribution in [3.63, 3.8) is 0 Å². The van der Waals surface area contributed by atoms with E-state index in [4.69, 9.17) is 4.74 Å². The molecule has 0 saturated carbocycles. The molecule has 1 N–H and O–H groups in total. The average molecular weight is 402 g/mol. The van der Waals surface area contributed by atoms with E-state index in [1.165, 1.54) is 7.11 Å². The van der Waals surface area contributed by atoms with E-state index in [0.717, 1.165) is 25.2 Å². The minimum absolute atomic E-state index is 0.422. The quantitative estimate of drug-likeness (QED) is 0.806. The molecule has 0 aliphatic rings. The fourth-order valence-electron chi connectivity index (χ4n) is 2.17. The third kappa shape index (κ3) is 5.20. The number of alkyl halides is 3. The molecule has 0 fully saturated rings. The van der Waals surface area contributed by atoms with Gasteiger partial charge < -0.3 is 10.1 Å². The first-order chi connectivity index (χ1) is 12.5. The summed E-state index contributed by atoms with van der Waals surface area (Å²) in [5, 5.41) is 2.50. The van der Waals surface area contributed by atoms with Gasteiger partial charge >= 0.3 is 6.18 Å². The lowest BCUT2D eigenvalue weighted by atomic mass is 10.2. The predicted octanol–water partition coefficient (Wildman–Crippen LogP) is 2.97. The topological polar surface area (TPSA) is 75.7 Å². The molecule has 0 aromatic heterocycles. The van der Waals surface area contributed by atoms with Gasteiger partial charge in [0.05, 0.1) is 24.1 Å². The Bertz CT molecular complexity index is 913. The number of carbonyl (C=O) groups is 1. The summed E-state index contributed by atoms with van der Waals surface area (Å²) in [5.41, 5.74) is -0.662. The van der Waals surface area contributed by atoms with Crippen molar-refractivity contribution in [1.29, 1.82) is 0 Å². The summed E-state index contributed by atoms with van der Waals surface area (Å²) in [4.78, 5) is 11.5. The Morgan fingerprint density at radius 1 is 1.15 bits per heavy atom. The molecule has 0 heterocycles. The molecule has 0 radical (unpaired) electrons. The normalized spacial score (nSPS) is 12.1. The number of benzene rings is 2. The van der Waals surface area contributed by atoms with Gasteiger partial charge in [0.25, 0.3) is 0 Å². The number of amides is 1.